The Labute approximate surface area is 147 Å². The van der Waals surface area contributed by atoms with Gasteiger partial charge in [-0.25, -0.2) is 4.79 Å². The average molecular weight is 348 g/mol. The number of hydrogen-bond acceptors (Lipinski definition) is 6. The maximum atomic E-state index is 11.4. The molecule has 1 aromatic rings. The molecule has 0 bridgehead atoms. The van der Waals surface area contributed by atoms with Crippen LogP contribution in [0.3, 0.4) is 0 Å². The molecule has 0 radical (unpaired) electrons. The largest absolute Gasteiger partial charge is 0.495 e. The zero-order chi connectivity index (χ0) is 17.9. The van der Waals surface area contributed by atoms with E-state index in [1.54, 1.807) is 6.92 Å². The first-order valence-corrected chi connectivity index (χ1v) is 8.49. The molecule has 6 nitrogen and oxygen atoms in total. The third-order valence-corrected chi connectivity index (χ3v) is 3.77. The Balaban J connectivity index is 1.98. The van der Waals surface area contributed by atoms with Crippen molar-refractivity contribution in [1.29, 1.82) is 0 Å². The average Bonchev–Trinajstić information content (AvgIpc) is 2.65. The molecule has 1 fully saturated rings. The summed E-state index contributed by atoms with van der Waals surface area (Å²) in [7, 11) is 0. The van der Waals surface area contributed by atoms with Gasteiger partial charge in [-0.2, -0.15) is 0 Å². The van der Waals surface area contributed by atoms with Gasteiger partial charge in [0, 0.05) is 18.4 Å². The van der Waals surface area contributed by atoms with Gasteiger partial charge in [0.05, 0.1) is 25.6 Å². The predicted molar refractivity (Wildman–Crippen MR) is 90.6 cm³/mol. The van der Waals surface area contributed by atoms with Crippen LogP contribution in [0.2, 0.25) is 0 Å². The molecule has 2 rings (SSSR count). The molecular weight excluding hydrogens is 324 g/mol. The fraction of sp³-hybridized carbons (Fsp3) is 0.474. The lowest BCUT2D eigenvalue weighted by molar-refractivity contribution is -0.238. The first-order chi connectivity index (χ1) is 12.2. The predicted octanol–water partition coefficient (Wildman–Crippen LogP) is 2.93. The molecule has 3 atom stereocenters. The summed E-state index contributed by atoms with van der Waals surface area (Å²) >= 11 is 0. The Morgan fingerprint density at radius 2 is 2.16 bits per heavy atom. The molecule has 1 aromatic carbocycles. The van der Waals surface area contributed by atoms with Crippen molar-refractivity contribution in [1.82, 2.24) is 0 Å². The Morgan fingerprint density at radius 3 is 2.88 bits per heavy atom. The van der Waals surface area contributed by atoms with Crippen LogP contribution in [-0.2, 0) is 28.5 Å². The molecule has 1 heterocycles. The number of ether oxygens (including phenoxy) is 4. The number of rotatable bonds is 9. The Bertz CT molecular complexity index is 556. The normalized spacial score (nSPS) is 21.6. The summed E-state index contributed by atoms with van der Waals surface area (Å²) in [4.78, 5) is 22.1. The molecule has 0 aromatic heterocycles. The minimum Gasteiger partial charge on any atom is -0.495 e. The Morgan fingerprint density at radius 1 is 1.36 bits per heavy atom. The van der Waals surface area contributed by atoms with E-state index in [9.17, 15) is 9.59 Å². The molecule has 136 valence electrons. The summed E-state index contributed by atoms with van der Waals surface area (Å²) in [5, 5.41) is 0. The van der Waals surface area contributed by atoms with E-state index in [2.05, 4.69) is 0 Å². The summed E-state index contributed by atoms with van der Waals surface area (Å²) < 4.78 is 22.2. The standard InChI is InChI=1S/C19H24O6/c1-2-22-18(21)11-14-23-16(9-6-12-20)17-10-13-24-19(25-17)15-7-4-3-5-8-15/h3-5,7-8,11-12,14,16-17,19H,2,6,9-10,13H2,1H3/b14-11+/t16-,17-,19-/m0/s1. The van der Waals surface area contributed by atoms with Crippen LogP contribution in [0.15, 0.2) is 42.7 Å². The molecular formula is C19H24O6. The highest BCUT2D eigenvalue weighted by Crippen LogP contribution is 2.29. The second kappa shape index (κ2) is 10.6. The first kappa shape index (κ1) is 19.1. The highest BCUT2D eigenvalue weighted by atomic mass is 16.7. The lowest BCUT2D eigenvalue weighted by atomic mass is 10.0. The van der Waals surface area contributed by atoms with Gasteiger partial charge in [-0.3, -0.25) is 0 Å². The number of carbonyl (C=O) groups is 2. The summed E-state index contributed by atoms with van der Waals surface area (Å²) in [6.07, 6.45) is 3.86. The Kier molecular flexibility index (Phi) is 8.15. The molecule has 0 N–H and O–H groups in total. The molecule has 1 saturated heterocycles. The molecule has 0 unspecified atom stereocenters. The van der Waals surface area contributed by atoms with Crippen LogP contribution in [0.4, 0.5) is 0 Å². The number of benzene rings is 1. The molecule has 6 heteroatoms. The van der Waals surface area contributed by atoms with Crippen molar-refractivity contribution >= 4 is 12.3 Å². The molecule has 0 saturated carbocycles. The van der Waals surface area contributed by atoms with E-state index in [-0.39, 0.29) is 12.2 Å². The van der Waals surface area contributed by atoms with Crippen molar-refractivity contribution in [3.05, 3.63) is 48.2 Å². The van der Waals surface area contributed by atoms with Crippen molar-refractivity contribution in [3.8, 4) is 0 Å². The van der Waals surface area contributed by atoms with Gasteiger partial charge in [0.25, 0.3) is 0 Å². The van der Waals surface area contributed by atoms with E-state index in [1.165, 1.54) is 12.3 Å². The van der Waals surface area contributed by atoms with E-state index in [1.807, 2.05) is 30.3 Å². The van der Waals surface area contributed by atoms with Crippen LogP contribution in [0.1, 0.15) is 38.0 Å². The Hall–Kier alpha value is -2.18. The molecule has 1 aliphatic heterocycles. The summed E-state index contributed by atoms with van der Waals surface area (Å²) in [5.41, 5.74) is 0.934. The number of aldehydes is 1. The quantitative estimate of drug-likeness (QED) is 0.296. The maximum Gasteiger partial charge on any atom is 0.333 e. The topological polar surface area (TPSA) is 71.1 Å². The fourth-order valence-corrected chi connectivity index (χ4v) is 2.58. The lowest BCUT2D eigenvalue weighted by Gasteiger charge is -2.34. The minimum absolute atomic E-state index is 0.231. The molecule has 1 aliphatic rings. The van der Waals surface area contributed by atoms with Gasteiger partial charge in [-0.15, -0.1) is 0 Å². The van der Waals surface area contributed by atoms with Crippen LogP contribution < -0.4 is 0 Å². The van der Waals surface area contributed by atoms with Crippen LogP contribution in [-0.4, -0.2) is 37.7 Å². The number of carbonyl (C=O) groups excluding carboxylic acids is 2. The van der Waals surface area contributed by atoms with Crippen LogP contribution in [0, 0.1) is 0 Å². The third kappa shape index (κ3) is 6.32. The second-order valence-corrected chi connectivity index (χ2v) is 5.55. The van der Waals surface area contributed by atoms with Gasteiger partial charge in [-0.05, 0) is 13.3 Å². The molecule has 0 amide bonds. The van der Waals surface area contributed by atoms with Gasteiger partial charge in [0.2, 0.25) is 0 Å². The first-order valence-electron chi connectivity index (χ1n) is 8.49. The van der Waals surface area contributed by atoms with Crippen LogP contribution in [0.5, 0.6) is 0 Å². The van der Waals surface area contributed by atoms with E-state index < -0.39 is 12.3 Å². The van der Waals surface area contributed by atoms with Gasteiger partial charge in [-0.1, -0.05) is 30.3 Å². The zero-order valence-corrected chi connectivity index (χ0v) is 14.3. The zero-order valence-electron chi connectivity index (χ0n) is 14.3. The molecule has 0 spiro atoms. The highest BCUT2D eigenvalue weighted by Gasteiger charge is 2.31. The van der Waals surface area contributed by atoms with Crippen molar-refractivity contribution < 1.29 is 28.5 Å². The highest BCUT2D eigenvalue weighted by molar-refractivity contribution is 5.81. The van der Waals surface area contributed by atoms with Gasteiger partial charge < -0.3 is 23.7 Å². The maximum absolute atomic E-state index is 11.4. The van der Waals surface area contributed by atoms with E-state index >= 15 is 0 Å². The van der Waals surface area contributed by atoms with Crippen molar-refractivity contribution in [3.63, 3.8) is 0 Å². The molecule has 25 heavy (non-hydrogen) atoms. The minimum atomic E-state index is -0.466. The van der Waals surface area contributed by atoms with Gasteiger partial charge >= 0.3 is 5.97 Å². The third-order valence-electron chi connectivity index (χ3n) is 3.77. The smallest absolute Gasteiger partial charge is 0.333 e. The van der Waals surface area contributed by atoms with Crippen molar-refractivity contribution in [2.75, 3.05) is 13.2 Å². The summed E-state index contributed by atoms with van der Waals surface area (Å²) in [6, 6.07) is 9.66. The van der Waals surface area contributed by atoms with Gasteiger partial charge in [0.1, 0.15) is 18.5 Å². The van der Waals surface area contributed by atoms with E-state index in [0.29, 0.717) is 32.5 Å². The lowest BCUT2D eigenvalue weighted by Crippen LogP contribution is -2.37. The number of hydrogen-bond donors (Lipinski definition) is 0. The number of esters is 1. The van der Waals surface area contributed by atoms with Crippen molar-refractivity contribution in [2.45, 2.75) is 44.7 Å². The molecule has 0 aliphatic carbocycles. The van der Waals surface area contributed by atoms with Crippen LogP contribution >= 0.6 is 0 Å². The van der Waals surface area contributed by atoms with Gasteiger partial charge in [0.15, 0.2) is 6.29 Å². The summed E-state index contributed by atoms with van der Waals surface area (Å²) in [5.74, 6) is -0.466. The SMILES string of the molecule is CCOC(=O)/C=C/O[C@@H](CCC=O)[C@@H]1CCO[C@H](c2ccccc2)O1. The second-order valence-electron chi connectivity index (χ2n) is 5.55. The van der Waals surface area contributed by atoms with E-state index in [0.717, 1.165) is 11.8 Å². The summed E-state index contributed by atoms with van der Waals surface area (Å²) in [6.45, 7) is 2.57. The fourth-order valence-electron chi connectivity index (χ4n) is 2.58. The van der Waals surface area contributed by atoms with Crippen molar-refractivity contribution in [2.24, 2.45) is 0 Å². The van der Waals surface area contributed by atoms with E-state index in [4.69, 9.17) is 18.9 Å². The monoisotopic (exact) mass is 348 g/mol. The van der Waals surface area contributed by atoms with Crippen LogP contribution in [0.25, 0.3) is 0 Å².